The molecule has 1 aromatic carbocycles. The van der Waals surface area contributed by atoms with Crippen molar-refractivity contribution in [2.75, 3.05) is 5.32 Å². The number of ether oxygens (including phenoxy) is 1. The first-order chi connectivity index (χ1) is 13.5. The first-order valence-corrected chi connectivity index (χ1v) is 9.96. The molecule has 0 fully saturated rings. The molecule has 3 aromatic rings. The molecule has 144 valence electrons. The number of rotatable bonds is 6. The second-order valence-corrected chi connectivity index (χ2v) is 7.27. The molecule has 1 unspecified atom stereocenters. The number of amides is 1. The molecule has 0 aliphatic heterocycles. The second kappa shape index (κ2) is 9.14. The van der Waals surface area contributed by atoms with Crippen LogP contribution in [0.2, 0.25) is 10.2 Å². The van der Waals surface area contributed by atoms with Gasteiger partial charge in [0.1, 0.15) is 5.15 Å². The van der Waals surface area contributed by atoms with E-state index in [-0.39, 0.29) is 17.1 Å². The zero-order valence-electron chi connectivity index (χ0n) is 14.7. The Bertz CT molecular complexity index is 1010. The summed E-state index contributed by atoms with van der Waals surface area (Å²) in [6, 6.07) is 10.3. The molecule has 2 heterocycles. The largest absolute Gasteiger partial charge is 0.449 e. The van der Waals surface area contributed by atoms with Gasteiger partial charge in [-0.15, -0.1) is 11.3 Å². The smallest absolute Gasteiger partial charge is 0.342 e. The van der Waals surface area contributed by atoms with E-state index in [1.807, 2.05) is 18.2 Å². The maximum Gasteiger partial charge on any atom is 0.342 e. The third-order valence-corrected chi connectivity index (χ3v) is 5.16. The van der Waals surface area contributed by atoms with Crippen molar-refractivity contribution < 1.29 is 14.3 Å². The summed E-state index contributed by atoms with van der Waals surface area (Å²) in [5, 5.41) is 5.44. The van der Waals surface area contributed by atoms with Gasteiger partial charge in [0, 0.05) is 22.2 Å². The maximum atomic E-state index is 12.5. The Morgan fingerprint density at radius 1 is 1.21 bits per heavy atom. The van der Waals surface area contributed by atoms with Gasteiger partial charge in [-0.3, -0.25) is 10.1 Å². The van der Waals surface area contributed by atoms with Crippen LogP contribution in [-0.2, 0) is 9.53 Å². The predicted molar refractivity (Wildman–Crippen MR) is 110 cm³/mol. The topological polar surface area (TPSA) is 81.2 Å². The van der Waals surface area contributed by atoms with Gasteiger partial charge >= 0.3 is 5.97 Å². The highest BCUT2D eigenvalue weighted by Gasteiger charge is 2.24. The average Bonchev–Trinajstić information content (AvgIpc) is 3.14. The summed E-state index contributed by atoms with van der Waals surface area (Å²) >= 11 is 13.3. The number of hydrogen-bond donors (Lipinski definition) is 1. The van der Waals surface area contributed by atoms with Crippen LogP contribution < -0.4 is 5.32 Å². The molecule has 0 aliphatic rings. The predicted octanol–water partition coefficient (Wildman–Crippen LogP) is 5.09. The Labute approximate surface area is 175 Å². The fraction of sp³-hybridized carbons (Fsp3) is 0.158. The molecule has 9 heteroatoms. The van der Waals surface area contributed by atoms with Crippen molar-refractivity contribution in [1.82, 2.24) is 9.97 Å². The Morgan fingerprint density at radius 3 is 2.71 bits per heavy atom. The van der Waals surface area contributed by atoms with Crippen LogP contribution >= 0.6 is 34.5 Å². The van der Waals surface area contributed by atoms with E-state index in [4.69, 9.17) is 27.9 Å². The first-order valence-electron chi connectivity index (χ1n) is 8.32. The number of anilines is 1. The zero-order chi connectivity index (χ0) is 20.1. The lowest BCUT2D eigenvalue weighted by Gasteiger charge is -2.15. The quantitative estimate of drug-likeness (QED) is 0.430. The normalized spacial score (nSPS) is 11.7. The molecule has 1 atom stereocenters. The fourth-order valence-electron chi connectivity index (χ4n) is 2.36. The van der Waals surface area contributed by atoms with E-state index in [2.05, 4.69) is 15.3 Å². The second-order valence-electron chi connectivity index (χ2n) is 5.65. The van der Waals surface area contributed by atoms with Crippen LogP contribution in [0.5, 0.6) is 0 Å². The van der Waals surface area contributed by atoms with Crippen LogP contribution in [0.4, 0.5) is 5.13 Å². The Morgan fingerprint density at radius 2 is 2.00 bits per heavy atom. The van der Waals surface area contributed by atoms with Crippen molar-refractivity contribution in [1.29, 1.82) is 0 Å². The van der Waals surface area contributed by atoms with E-state index in [0.717, 1.165) is 5.56 Å². The van der Waals surface area contributed by atoms with E-state index >= 15 is 0 Å². The monoisotopic (exact) mass is 435 g/mol. The van der Waals surface area contributed by atoms with E-state index < -0.39 is 18.0 Å². The highest BCUT2D eigenvalue weighted by molar-refractivity contribution is 7.14. The number of carbonyl (C=O) groups excluding carboxylic acids is 2. The van der Waals surface area contributed by atoms with Crippen LogP contribution in [0.3, 0.4) is 0 Å². The van der Waals surface area contributed by atoms with Crippen molar-refractivity contribution >= 4 is 51.5 Å². The number of thiazole rings is 1. The third-order valence-electron chi connectivity index (χ3n) is 3.78. The molecule has 0 radical (unpaired) electrons. The van der Waals surface area contributed by atoms with Gasteiger partial charge in [0.15, 0.2) is 11.2 Å². The molecule has 0 saturated heterocycles. The molecule has 0 spiro atoms. The summed E-state index contributed by atoms with van der Waals surface area (Å²) in [7, 11) is 0. The van der Waals surface area contributed by atoms with Gasteiger partial charge in [-0.2, -0.15) is 0 Å². The molecule has 0 aliphatic carbocycles. The Hall–Kier alpha value is -2.48. The summed E-state index contributed by atoms with van der Waals surface area (Å²) in [5.74, 6) is -1.19. The number of aromatic nitrogens is 2. The van der Waals surface area contributed by atoms with Crippen LogP contribution in [-0.4, -0.2) is 27.9 Å². The summed E-state index contributed by atoms with van der Waals surface area (Å²) in [5.41, 5.74) is 1.52. The molecule has 6 nitrogen and oxygen atoms in total. The molecule has 0 saturated carbocycles. The van der Waals surface area contributed by atoms with Gasteiger partial charge in [-0.1, -0.05) is 48.3 Å². The van der Waals surface area contributed by atoms with Crippen molar-refractivity contribution in [3.8, 4) is 11.3 Å². The fourth-order valence-corrected chi connectivity index (χ4v) is 3.51. The van der Waals surface area contributed by atoms with Gasteiger partial charge in [-0.25, -0.2) is 14.8 Å². The number of nitrogens with one attached hydrogen (secondary N) is 1. The number of pyridine rings is 1. The number of benzene rings is 1. The SMILES string of the molecule is CCC(OC(=O)c1cccnc1Cl)C(=O)Nc1nc(-c2ccccc2Cl)cs1. The molecule has 28 heavy (non-hydrogen) atoms. The van der Waals surface area contributed by atoms with Crippen molar-refractivity contribution in [2.24, 2.45) is 0 Å². The number of halogens is 2. The number of hydrogen-bond acceptors (Lipinski definition) is 6. The highest BCUT2D eigenvalue weighted by atomic mass is 35.5. The van der Waals surface area contributed by atoms with Crippen LogP contribution in [0.15, 0.2) is 48.0 Å². The molecular formula is C19H15Cl2N3O3S. The zero-order valence-corrected chi connectivity index (χ0v) is 17.0. The lowest BCUT2D eigenvalue weighted by atomic mass is 10.2. The van der Waals surface area contributed by atoms with E-state index in [1.165, 1.54) is 23.6 Å². The molecule has 3 rings (SSSR count). The Balaban J connectivity index is 1.69. The van der Waals surface area contributed by atoms with Gasteiger partial charge in [-0.05, 0) is 24.6 Å². The lowest BCUT2D eigenvalue weighted by Crippen LogP contribution is -2.32. The standard InChI is InChI=1S/C19H15Cl2N3O3S/c1-2-15(27-18(26)12-7-5-9-22-16(12)21)17(25)24-19-23-14(10-28-19)11-6-3-4-8-13(11)20/h3-10,15H,2H2,1H3,(H,23,24,25). The molecule has 1 N–H and O–H groups in total. The summed E-state index contributed by atoms with van der Waals surface area (Å²) < 4.78 is 5.29. The van der Waals surface area contributed by atoms with Crippen LogP contribution in [0, 0.1) is 0 Å². The minimum atomic E-state index is -0.989. The van der Waals surface area contributed by atoms with Crippen molar-refractivity contribution in [3.63, 3.8) is 0 Å². The van der Waals surface area contributed by atoms with Crippen LogP contribution in [0.1, 0.15) is 23.7 Å². The van der Waals surface area contributed by atoms with E-state index in [9.17, 15) is 9.59 Å². The van der Waals surface area contributed by atoms with Crippen LogP contribution in [0.25, 0.3) is 11.3 Å². The summed E-state index contributed by atoms with van der Waals surface area (Å²) in [6.07, 6.45) is 0.761. The van der Waals surface area contributed by atoms with Crippen molar-refractivity contribution in [3.05, 3.63) is 63.7 Å². The number of nitrogens with zero attached hydrogens (tertiary/aromatic N) is 2. The van der Waals surface area contributed by atoms with Gasteiger partial charge in [0.2, 0.25) is 0 Å². The molecule has 2 aromatic heterocycles. The third kappa shape index (κ3) is 4.67. The minimum absolute atomic E-state index is 0.0204. The minimum Gasteiger partial charge on any atom is -0.449 e. The average molecular weight is 436 g/mol. The van der Waals surface area contributed by atoms with Gasteiger partial charge < -0.3 is 4.74 Å². The van der Waals surface area contributed by atoms with Gasteiger partial charge in [0.05, 0.1) is 11.3 Å². The highest BCUT2D eigenvalue weighted by Crippen LogP contribution is 2.30. The number of carbonyl (C=O) groups is 2. The molecular weight excluding hydrogens is 421 g/mol. The van der Waals surface area contributed by atoms with Gasteiger partial charge in [0.25, 0.3) is 5.91 Å². The van der Waals surface area contributed by atoms with E-state index in [1.54, 1.807) is 24.4 Å². The molecule has 1 amide bonds. The molecule has 0 bridgehead atoms. The number of esters is 1. The van der Waals surface area contributed by atoms with Crippen molar-refractivity contribution in [2.45, 2.75) is 19.4 Å². The summed E-state index contributed by atoms with van der Waals surface area (Å²) in [6.45, 7) is 1.74. The first kappa shape index (κ1) is 20.3. The Kier molecular flexibility index (Phi) is 6.61. The summed E-state index contributed by atoms with van der Waals surface area (Å²) in [4.78, 5) is 33.0. The lowest BCUT2D eigenvalue weighted by molar-refractivity contribution is -0.124. The van der Waals surface area contributed by atoms with E-state index in [0.29, 0.717) is 15.8 Å². The maximum absolute atomic E-state index is 12.5.